The van der Waals surface area contributed by atoms with Gasteiger partial charge in [-0.1, -0.05) is 0 Å². The number of alkyl halides is 1. The summed E-state index contributed by atoms with van der Waals surface area (Å²) in [6.45, 7) is 0.187. The van der Waals surface area contributed by atoms with Gasteiger partial charge in [0.15, 0.2) is 5.76 Å². The minimum atomic E-state index is -0.715. The second-order valence-electron chi connectivity index (χ2n) is 3.90. The quantitative estimate of drug-likeness (QED) is 0.619. The van der Waals surface area contributed by atoms with Crippen molar-refractivity contribution in [1.82, 2.24) is 0 Å². The van der Waals surface area contributed by atoms with Crippen LogP contribution in [-0.2, 0) is 19.0 Å². The minimum absolute atomic E-state index is 0.0334. The van der Waals surface area contributed by atoms with Crippen molar-refractivity contribution in [1.29, 1.82) is 0 Å². The number of carbonyl (C=O) groups excluding carboxylic acids is 1. The summed E-state index contributed by atoms with van der Waals surface area (Å²) < 4.78 is 15.2. The van der Waals surface area contributed by atoms with E-state index in [1.165, 1.54) is 6.08 Å². The van der Waals surface area contributed by atoms with Crippen LogP contribution in [0.15, 0.2) is 46.8 Å². The van der Waals surface area contributed by atoms with Crippen molar-refractivity contribution in [3.05, 3.63) is 46.8 Å². The SMILES string of the molecule is [11CH3]OC1=CCC(COC2=C(O)/C(=C\CCl)OC2=O)=C1. The van der Waals surface area contributed by atoms with Gasteiger partial charge in [-0.15, -0.1) is 11.6 Å². The van der Waals surface area contributed by atoms with Crippen LogP contribution >= 0.6 is 11.6 Å². The first-order chi connectivity index (χ1) is 9.15. The van der Waals surface area contributed by atoms with Gasteiger partial charge >= 0.3 is 5.97 Å². The lowest BCUT2D eigenvalue weighted by molar-refractivity contribution is -0.136. The van der Waals surface area contributed by atoms with E-state index in [1.807, 2.05) is 12.2 Å². The van der Waals surface area contributed by atoms with Gasteiger partial charge in [-0.3, -0.25) is 0 Å². The number of halogens is 1. The normalized spacial score (nSPS) is 20.5. The first-order valence-corrected chi connectivity index (χ1v) is 6.17. The van der Waals surface area contributed by atoms with Crippen LogP contribution in [0.3, 0.4) is 0 Å². The molecule has 0 aromatic rings. The van der Waals surface area contributed by atoms with E-state index in [0.717, 1.165) is 11.3 Å². The van der Waals surface area contributed by atoms with Crippen LogP contribution < -0.4 is 0 Å². The zero-order valence-corrected chi connectivity index (χ0v) is 11.1. The molecule has 0 saturated carbocycles. The molecule has 1 heterocycles. The van der Waals surface area contributed by atoms with Crippen molar-refractivity contribution in [3.8, 4) is 0 Å². The van der Waals surface area contributed by atoms with Crippen molar-refractivity contribution in [2.75, 3.05) is 19.6 Å². The van der Waals surface area contributed by atoms with Gasteiger partial charge in [0, 0.05) is 5.88 Å². The Labute approximate surface area is 115 Å². The fourth-order valence-electron chi connectivity index (χ4n) is 1.70. The van der Waals surface area contributed by atoms with Crippen LogP contribution in [0, 0.1) is 0 Å². The Morgan fingerprint density at radius 1 is 1.58 bits per heavy atom. The summed E-state index contributed by atoms with van der Waals surface area (Å²) in [5.74, 6) is -0.300. The fraction of sp³-hybridized carbons (Fsp3) is 0.308. The number of esters is 1. The van der Waals surface area contributed by atoms with Gasteiger partial charge in [-0.2, -0.15) is 0 Å². The standard InChI is InChI=1S/C13H13ClO5/c1-17-9-3-2-8(6-9)7-18-12-11(15)10(4-5-14)19-13(12)16/h3-4,6,15H,2,5,7H2,1H3/b10-4+/i1-1. The molecule has 1 aliphatic heterocycles. The second kappa shape index (κ2) is 5.84. The van der Waals surface area contributed by atoms with Crippen LogP contribution in [0.25, 0.3) is 0 Å². The zero-order chi connectivity index (χ0) is 13.8. The Morgan fingerprint density at radius 3 is 3.00 bits per heavy atom. The van der Waals surface area contributed by atoms with Gasteiger partial charge in [0.1, 0.15) is 12.4 Å². The number of rotatable bonds is 5. The molecule has 0 amide bonds. The maximum absolute atomic E-state index is 11.5. The van der Waals surface area contributed by atoms with Crippen molar-refractivity contribution >= 4 is 17.6 Å². The fourth-order valence-corrected chi connectivity index (χ4v) is 1.84. The number of cyclic esters (lactones) is 1. The molecule has 19 heavy (non-hydrogen) atoms. The highest BCUT2D eigenvalue weighted by atomic mass is 35.5. The molecule has 0 spiro atoms. The Morgan fingerprint density at radius 2 is 2.37 bits per heavy atom. The maximum atomic E-state index is 11.5. The summed E-state index contributed by atoms with van der Waals surface area (Å²) in [4.78, 5) is 11.5. The van der Waals surface area contributed by atoms with Crippen molar-refractivity contribution in [3.63, 3.8) is 0 Å². The van der Waals surface area contributed by atoms with Gasteiger partial charge < -0.3 is 19.3 Å². The molecule has 5 nitrogen and oxygen atoms in total. The van der Waals surface area contributed by atoms with Crippen LogP contribution in [0.2, 0.25) is 0 Å². The summed E-state index contributed by atoms with van der Waals surface area (Å²) in [5, 5.41) is 9.75. The number of hydrogen-bond acceptors (Lipinski definition) is 5. The molecule has 0 fully saturated rings. The number of ether oxygens (including phenoxy) is 3. The van der Waals surface area contributed by atoms with Gasteiger partial charge in [-0.05, 0) is 30.2 Å². The third-order valence-corrected chi connectivity index (χ3v) is 2.80. The highest BCUT2D eigenvalue weighted by molar-refractivity contribution is 6.19. The summed E-state index contributed by atoms with van der Waals surface area (Å²) in [6.07, 6.45) is 5.81. The molecule has 0 saturated heterocycles. The smallest absolute Gasteiger partial charge is 0.383 e. The largest absolute Gasteiger partial charge is 0.501 e. The number of methoxy groups -OCH3 is 1. The number of allylic oxidation sites excluding steroid dienone is 3. The predicted octanol–water partition coefficient (Wildman–Crippen LogP) is 2.31. The number of aliphatic hydroxyl groups excluding tert-OH is 1. The summed E-state index contributed by atoms with van der Waals surface area (Å²) >= 11 is 5.48. The lowest BCUT2D eigenvalue weighted by atomic mass is 10.2. The van der Waals surface area contributed by atoms with Crippen LogP contribution in [-0.4, -0.2) is 30.7 Å². The molecule has 0 atom stereocenters. The third-order valence-electron chi connectivity index (χ3n) is 2.65. The van der Waals surface area contributed by atoms with Crippen LogP contribution in [0.4, 0.5) is 0 Å². The first-order valence-electron chi connectivity index (χ1n) is 5.64. The third kappa shape index (κ3) is 2.93. The van der Waals surface area contributed by atoms with Crippen molar-refractivity contribution < 1.29 is 24.1 Å². The topological polar surface area (TPSA) is 65.0 Å². The van der Waals surface area contributed by atoms with Gasteiger partial charge in [0.05, 0.1) is 7.11 Å². The molecular weight excluding hydrogens is 271 g/mol. The first kappa shape index (κ1) is 13.5. The average molecular weight is 284 g/mol. The number of hydrogen-bond donors (Lipinski definition) is 1. The summed E-state index contributed by atoms with van der Waals surface area (Å²) in [6, 6.07) is 0. The highest BCUT2D eigenvalue weighted by Crippen LogP contribution is 2.26. The lowest BCUT2D eigenvalue weighted by Gasteiger charge is -2.04. The van der Waals surface area contributed by atoms with E-state index in [1.54, 1.807) is 7.11 Å². The van der Waals surface area contributed by atoms with Crippen molar-refractivity contribution in [2.45, 2.75) is 6.42 Å². The Balaban J connectivity index is 2.00. The van der Waals surface area contributed by atoms with E-state index < -0.39 is 5.97 Å². The van der Waals surface area contributed by atoms with Gasteiger partial charge in [0.2, 0.25) is 5.76 Å². The van der Waals surface area contributed by atoms with Crippen LogP contribution in [0.1, 0.15) is 6.42 Å². The van der Waals surface area contributed by atoms with Crippen molar-refractivity contribution in [2.24, 2.45) is 0 Å². The zero-order valence-electron chi connectivity index (χ0n) is 10.3. The van der Waals surface area contributed by atoms with Gasteiger partial charge in [0.25, 0.3) is 5.76 Å². The maximum Gasteiger partial charge on any atom is 0.383 e. The molecular formula is C13H13ClO5. The molecule has 6 heteroatoms. The molecule has 0 unspecified atom stereocenters. The van der Waals surface area contributed by atoms with E-state index in [4.69, 9.17) is 25.8 Å². The molecule has 0 bridgehead atoms. The molecule has 2 rings (SSSR count). The van der Waals surface area contributed by atoms with E-state index in [2.05, 4.69) is 0 Å². The molecule has 1 N–H and O–H groups in total. The summed E-state index contributed by atoms with van der Waals surface area (Å²) in [7, 11) is 1.58. The van der Waals surface area contributed by atoms with Crippen LogP contribution in [0.5, 0.6) is 0 Å². The molecule has 0 aromatic heterocycles. The highest BCUT2D eigenvalue weighted by Gasteiger charge is 2.32. The van der Waals surface area contributed by atoms with Gasteiger partial charge in [-0.25, -0.2) is 4.79 Å². The van der Waals surface area contributed by atoms with E-state index >= 15 is 0 Å². The molecule has 2 aliphatic rings. The lowest BCUT2D eigenvalue weighted by Crippen LogP contribution is -2.05. The monoisotopic (exact) mass is 283 g/mol. The Kier molecular flexibility index (Phi) is 4.16. The number of carbonyl (C=O) groups is 1. The average Bonchev–Trinajstić information content (AvgIpc) is 2.95. The molecule has 102 valence electrons. The Bertz CT molecular complexity index is 513. The summed E-state index contributed by atoms with van der Waals surface area (Å²) in [5.41, 5.74) is 0.944. The molecule has 1 aliphatic carbocycles. The van der Waals surface area contributed by atoms with E-state index in [-0.39, 0.29) is 29.8 Å². The predicted molar refractivity (Wildman–Crippen MR) is 68.3 cm³/mol. The number of aliphatic hydroxyl groups is 1. The molecule has 0 aromatic carbocycles. The molecule has 0 radical (unpaired) electrons. The minimum Gasteiger partial charge on any atom is -0.501 e. The van der Waals surface area contributed by atoms with E-state index in [0.29, 0.717) is 6.42 Å². The Hall–Kier alpha value is -1.88. The van der Waals surface area contributed by atoms with E-state index in [9.17, 15) is 9.90 Å². The second-order valence-corrected chi connectivity index (χ2v) is 4.20.